The minimum absolute atomic E-state index is 0.543. The molecule has 0 radical (unpaired) electrons. The molecule has 3 heteroatoms. The molecule has 0 aliphatic heterocycles. The van der Waals surface area contributed by atoms with Gasteiger partial charge in [-0.2, -0.15) is 0 Å². The molecule has 1 aromatic carbocycles. The number of unbranched alkanes of at least 4 members (excludes halogenated alkanes) is 2. The highest BCUT2D eigenvalue weighted by Crippen LogP contribution is 2.22. The van der Waals surface area contributed by atoms with Gasteiger partial charge in [0, 0.05) is 6.42 Å². The Hall–Kier alpha value is -1.06. The Bertz CT molecular complexity index is 363. The zero-order valence-corrected chi connectivity index (χ0v) is 14.0. The van der Waals surface area contributed by atoms with Crippen LogP contribution in [0.2, 0.25) is 0 Å². The van der Waals surface area contributed by atoms with Gasteiger partial charge < -0.3 is 14.2 Å². The van der Waals surface area contributed by atoms with Crippen LogP contribution < -0.4 is 4.74 Å². The quantitative estimate of drug-likeness (QED) is 0.441. The fourth-order valence-electron chi connectivity index (χ4n) is 2.12. The highest BCUT2D eigenvalue weighted by Gasteiger charge is 2.26. The van der Waals surface area contributed by atoms with E-state index in [1.54, 1.807) is 7.11 Å². The van der Waals surface area contributed by atoms with Crippen LogP contribution in [0.4, 0.5) is 0 Å². The van der Waals surface area contributed by atoms with E-state index in [1.807, 2.05) is 19.1 Å². The Morgan fingerprint density at radius 1 is 0.905 bits per heavy atom. The van der Waals surface area contributed by atoms with Crippen molar-refractivity contribution in [2.45, 2.75) is 58.7 Å². The van der Waals surface area contributed by atoms with E-state index in [0.29, 0.717) is 0 Å². The molecule has 0 fully saturated rings. The minimum Gasteiger partial charge on any atom is -0.497 e. The van der Waals surface area contributed by atoms with E-state index < -0.39 is 5.79 Å². The van der Waals surface area contributed by atoms with E-state index in [4.69, 9.17) is 14.2 Å². The van der Waals surface area contributed by atoms with Crippen LogP contribution in [0.1, 0.15) is 52.0 Å². The molecule has 0 aromatic heterocycles. The van der Waals surface area contributed by atoms with Crippen molar-refractivity contribution >= 4 is 0 Å². The third kappa shape index (κ3) is 6.96. The normalized spacial score (nSPS) is 11.6. The Morgan fingerprint density at radius 2 is 1.43 bits per heavy atom. The summed E-state index contributed by atoms with van der Waals surface area (Å²) < 4.78 is 17.2. The fourth-order valence-corrected chi connectivity index (χ4v) is 2.12. The SMILES string of the molecule is CCCCOC(C)(Cc1ccc(OC)cc1)OCCCC. The van der Waals surface area contributed by atoms with Crippen molar-refractivity contribution in [1.82, 2.24) is 0 Å². The lowest BCUT2D eigenvalue weighted by Gasteiger charge is -2.30. The van der Waals surface area contributed by atoms with Crippen molar-refractivity contribution in [3.05, 3.63) is 29.8 Å². The van der Waals surface area contributed by atoms with Crippen molar-refractivity contribution in [3.8, 4) is 5.75 Å². The van der Waals surface area contributed by atoms with Gasteiger partial charge in [-0.1, -0.05) is 38.8 Å². The summed E-state index contributed by atoms with van der Waals surface area (Å²) >= 11 is 0. The summed E-state index contributed by atoms with van der Waals surface area (Å²) in [4.78, 5) is 0. The van der Waals surface area contributed by atoms with E-state index in [9.17, 15) is 0 Å². The molecule has 120 valence electrons. The number of benzene rings is 1. The second-order valence-electron chi connectivity index (χ2n) is 5.56. The average Bonchev–Trinajstić information content (AvgIpc) is 2.48. The molecule has 21 heavy (non-hydrogen) atoms. The van der Waals surface area contributed by atoms with Crippen molar-refractivity contribution in [1.29, 1.82) is 0 Å². The molecule has 0 atom stereocenters. The lowest BCUT2D eigenvalue weighted by molar-refractivity contribution is -0.225. The molecule has 0 heterocycles. The number of ether oxygens (including phenoxy) is 3. The molecule has 0 N–H and O–H groups in total. The molecule has 0 saturated carbocycles. The van der Waals surface area contributed by atoms with Gasteiger partial charge in [0.2, 0.25) is 0 Å². The minimum atomic E-state index is -0.543. The van der Waals surface area contributed by atoms with Gasteiger partial charge in [0.1, 0.15) is 5.75 Å². The first-order chi connectivity index (χ1) is 10.1. The van der Waals surface area contributed by atoms with E-state index in [0.717, 1.165) is 51.1 Å². The summed E-state index contributed by atoms with van der Waals surface area (Å²) in [5, 5.41) is 0. The molecule has 0 spiro atoms. The van der Waals surface area contributed by atoms with Crippen LogP contribution in [-0.4, -0.2) is 26.1 Å². The van der Waals surface area contributed by atoms with Crippen LogP contribution >= 0.6 is 0 Å². The highest BCUT2D eigenvalue weighted by atomic mass is 16.7. The lowest BCUT2D eigenvalue weighted by atomic mass is 10.1. The molecule has 0 saturated heterocycles. The van der Waals surface area contributed by atoms with E-state index in [1.165, 1.54) is 5.56 Å². The van der Waals surface area contributed by atoms with Gasteiger partial charge in [-0.3, -0.25) is 0 Å². The lowest BCUT2D eigenvalue weighted by Crippen LogP contribution is -2.35. The van der Waals surface area contributed by atoms with E-state index >= 15 is 0 Å². The standard InChI is InChI=1S/C18H30O3/c1-5-7-13-20-18(3,21-14-8-6-2)15-16-9-11-17(19-4)12-10-16/h9-12H,5-8,13-15H2,1-4H3. The first-order valence-corrected chi connectivity index (χ1v) is 8.04. The van der Waals surface area contributed by atoms with Crippen LogP contribution in [0.25, 0.3) is 0 Å². The number of methoxy groups -OCH3 is 1. The Morgan fingerprint density at radius 3 is 1.86 bits per heavy atom. The number of rotatable bonds is 11. The summed E-state index contributed by atoms with van der Waals surface area (Å²) in [5.74, 6) is 0.332. The summed E-state index contributed by atoms with van der Waals surface area (Å²) in [5.41, 5.74) is 1.20. The van der Waals surface area contributed by atoms with Gasteiger partial charge in [-0.15, -0.1) is 0 Å². The van der Waals surface area contributed by atoms with Crippen LogP contribution in [-0.2, 0) is 15.9 Å². The zero-order valence-electron chi connectivity index (χ0n) is 14.0. The van der Waals surface area contributed by atoms with E-state index in [-0.39, 0.29) is 0 Å². The predicted octanol–water partition coefficient (Wildman–Crippen LogP) is 4.59. The second kappa shape index (κ2) is 9.80. The Balaban J connectivity index is 2.64. The van der Waals surface area contributed by atoms with Gasteiger partial charge in [0.05, 0.1) is 20.3 Å². The van der Waals surface area contributed by atoms with Crippen molar-refractivity contribution in [2.24, 2.45) is 0 Å². The van der Waals surface area contributed by atoms with Crippen LogP contribution in [0.3, 0.4) is 0 Å². The number of hydrogen-bond acceptors (Lipinski definition) is 3. The van der Waals surface area contributed by atoms with E-state index in [2.05, 4.69) is 26.0 Å². The molecular formula is C18H30O3. The second-order valence-corrected chi connectivity index (χ2v) is 5.56. The molecule has 0 unspecified atom stereocenters. The van der Waals surface area contributed by atoms with Gasteiger partial charge >= 0.3 is 0 Å². The predicted molar refractivity (Wildman–Crippen MR) is 86.8 cm³/mol. The average molecular weight is 294 g/mol. The van der Waals surface area contributed by atoms with Crippen LogP contribution in [0.15, 0.2) is 24.3 Å². The molecule has 1 aromatic rings. The fraction of sp³-hybridized carbons (Fsp3) is 0.667. The first-order valence-electron chi connectivity index (χ1n) is 8.04. The van der Waals surface area contributed by atoms with Crippen molar-refractivity contribution < 1.29 is 14.2 Å². The molecule has 0 amide bonds. The van der Waals surface area contributed by atoms with Crippen molar-refractivity contribution in [3.63, 3.8) is 0 Å². The maximum atomic E-state index is 6.02. The Kier molecular flexibility index (Phi) is 8.40. The van der Waals surface area contributed by atoms with Crippen LogP contribution in [0, 0.1) is 0 Å². The maximum absolute atomic E-state index is 6.02. The molecular weight excluding hydrogens is 264 g/mol. The summed E-state index contributed by atoms with van der Waals surface area (Å²) in [6, 6.07) is 8.11. The van der Waals surface area contributed by atoms with Gasteiger partial charge in [0.15, 0.2) is 5.79 Å². The zero-order chi connectivity index (χ0) is 15.6. The molecule has 0 aliphatic carbocycles. The van der Waals surface area contributed by atoms with Gasteiger partial charge in [-0.05, 0) is 37.5 Å². The monoisotopic (exact) mass is 294 g/mol. The summed E-state index contributed by atoms with van der Waals surface area (Å²) in [6.07, 6.45) is 5.15. The number of hydrogen-bond donors (Lipinski definition) is 0. The molecule has 0 bridgehead atoms. The third-order valence-electron chi connectivity index (χ3n) is 3.49. The smallest absolute Gasteiger partial charge is 0.169 e. The summed E-state index contributed by atoms with van der Waals surface area (Å²) in [6.45, 7) is 7.87. The molecule has 1 rings (SSSR count). The summed E-state index contributed by atoms with van der Waals surface area (Å²) in [7, 11) is 1.68. The van der Waals surface area contributed by atoms with Crippen molar-refractivity contribution in [2.75, 3.05) is 20.3 Å². The highest BCUT2D eigenvalue weighted by molar-refractivity contribution is 5.27. The third-order valence-corrected chi connectivity index (χ3v) is 3.49. The largest absolute Gasteiger partial charge is 0.497 e. The first kappa shape index (κ1) is 18.0. The van der Waals surface area contributed by atoms with Gasteiger partial charge in [-0.25, -0.2) is 0 Å². The molecule has 0 aliphatic rings. The van der Waals surface area contributed by atoms with Gasteiger partial charge in [0.25, 0.3) is 0 Å². The Labute approximate surface area is 129 Å². The topological polar surface area (TPSA) is 27.7 Å². The maximum Gasteiger partial charge on any atom is 0.169 e. The molecule has 3 nitrogen and oxygen atoms in total. The van der Waals surface area contributed by atoms with Crippen LogP contribution in [0.5, 0.6) is 5.75 Å².